The fraction of sp³-hybridized carbons (Fsp3) is 0.143. The Labute approximate surface area is 204 Å². The summed E-state index contributed by atoms with van der Waals surface area (Å²) in [6.07, 6.45) is 0.736. The molecule has 4 aromatic carbocycles. The van der Waals surface area contributed by atoms with E-state index in [0.717, 1.165) is 11.7 Å². The SMILES string of the molecule is COc1cc(CP(Br)(c2ccccc2)(c2ccccc2)c2ccccc2)cc(OC)c1OC. The van der Waals surface area contributed by atoms with Crippen LogP contribution in [0.1, 0.15) is 5.56 Å². The fourth-order valence-electron chi connectivity index (χ4n) is 4.51. The van der Waals surface area contributed by atoms with E-state index in [1.807, 2.05) is 0 Å². The number of methoxy groups -OCH3 is 3. The van der Waals surface area contributed by atoms with Crippen molar-refractivity contribution in [1.82, 2.24) is 0 Å². The van der Waals surface area contributed by atoms with E-state index >= 15 is 0 Å². The fourth-order valence-corrected chi connectivity index (χ4v) is 12.2. The predicted octanol–water partition coefficient (Wildman–Crippen LogP) is 6.05. The minimum absolute atomic E-state index is 0.595. The molecule has 0 bridgehead atoms. The third kappa shape index (κ3) is 4.03. The molecule has 33 heavy (non-hydrogen) atoms. The molecular weight excluding hydrogens is 495 g/mol. The number of hydrogen-bond acceptors (Lipinski definition) is 3. The second-order valence-corrected chi connectivity index (χ2v) is 16.8. The van der Waals surface area contributed by atoms with E-state index in [9.17, 15) is 0 Å². The summed E-state index contributed by atoms with van der Waals surface area (Å²) in [7, 11) is 4.93. The summed E-state index contributed by atoms with van der Waals surface area (Å²) in [5.74, 6) is 1.90. The third-order valence-corrected chi connectivity index (χ3v) is 15.6. The Balaban J connectivity index is 2.07. The van der Waals surface area contributed by atoms with Gasteiger partial charge in [-0.15, -0.1) is 0 Å². The van der Waals surface area contributed by atoms with Gasteiger partial charge in [-0.05, 0) is 0 Å². The van der Waals surface area contributed by atoms with Gasteiger partial charge in [0.1, 0.15) is 0 Å². The van der Waals surface area contributed by atoms with Gasteiger partial charge >= 0.3 is 204 Å². The van der Waals surface area contributed by atoms with Crippen LogP contribution in [0.25, 0.3) is 0 Å². The maximum atomic E-state index is 5.68. The van der Waals surface area contributed by atoms with Gasteiger partial charge in [0.25, 0.3) is 0 Å². The normalized spacial score (nSPS) is 12.4. The van der Waals surface area contributed by atoms with Gasteiger partial charge in [-0.2, -0.15) is 0 Å². The van der Waals surface area contributed by atoms with Crippen LogP contribution in [0.3, 0.4) is 0 Å². The summed E-state index contributed by atoms with van der Waals surface area (Å²) in [5.41, 5.74) is 1.09. The first-order valence-corrected chi connectivity index (χ1v) is 15.2. The van der Waals surface area contributed by atoms with E-state index in [1.54, 1.807) is 21.3 Å². The van der Waals surface area contributed by atoms with E-state index in [4.69, 9.17) is 14.2 Å². The van der Waals surface area contributed by atoms with Gasteiger partial charge in [0.15, 0.2) is 0 Å². The molecule has 0 aliphatic carbocycles. The van der Waals surface area contributed by atoms with Gasteiger partial charge in [-0.25, -0.2) is 0 Å². The average molecular weight is 523 g/mol. The van der Waals surface area contributed by atoms with Gasteiger partial charge in [0.2, 0.25) is 0 Å². The Morgan fingerprint density at radius 1 is 0.576 bits per heavy atom. The molecule has 0 heterocycles. The summed E-state index contributed by atoms with van der Waals surface area (Å²) >= 11 is 4.50. The number of hydrogen-bond donors (Lipinski definition) is 0. The molecule has 4 aromatic rings. The molecule has 5 heteroatoms. The summed E-state index contributed by atoms with van der Waals surface area (Å²) in [6, 6.07) is 36.3. The van der Waals surface area contributed by atoms with E-state index in [0.29, 0.717) is 17.2 Å². The molecule has 0 saturated heterocycles. The summed E-state index contributed by atoms with van der Waals surface area (Å²) in [5, 5.41) is 0.653. The molecule has 0 radical (unpaired) electrons. The van der Waals surface area contributed by atoms with Crippen LogP contribution in [0.15, 0.2) is 103 Å². The Morgan fingerprint density at radius 2 is 0.939 bits per heavy atom. The Morgan fingerprint density at radius 3 is 1.24 bits per heavy atom. The van der Waals surface area contributed by atoms with Crippen molar-refractivity contribution in [1.29, 1.82) is 0 Å². The first kappa shape index (κ1) is 23.4. The molecule has 0 spiro atoms. The van der Waals surface area contributed by atoms with Crippen molar-refractivity contribution in [2.24, 2.45) is 0 Å². The van der Waals surface area contributed by atoms with Crippen LogP contribution >= 0.6 is 20.8 Å². The Kier molecular flexibility index (Phi) is 6.78. The van der Waals surface area contributed by atoms with Crippen molar-refractivity contribution < 1.29 is 14.2 Å². The van der Waals surface area contributed by atoms with Crippen molar-refractivity contribution in [2.45, 2.75) is 6.16 Å². The molecule has 0 aliphatic heterocycles. The third-order valence-electron chi connectivity index (χ3n) is 6.09. The van der Waals surface area contributed by atoms with E-state index < -0.39 is 5.31 Å². The predicted molar refractivity (Wildman–Crippen MR) is 144 cm³/mol. The van der Waals surface area contributed by atoms with Crippen LogP contribution in [0.5, 0.6) is 17.2 Å². The van der Waals surface area contributed by atoms with Crippen molar-refractivity contribution in [2.75, 3.05) is 21.3 Å². The van der Waals surface area contributed by atoms with E-state index in [-0.39, 0.29) is 0 Å². The molecule has 0 aliphatic rings. The maximum absolute atomic E-state index is 5.68. The summed E-state index contributed by atoms with van der Waals surface area (Å²) in [6.45, 7) is 0. The van der Waals surface area contributed by atoms with Crippen molar-refractivity contribution in [3.05, 3.63) is 109 Å². The number of halogens is 1. The van der Waals surface area contributed by atoms with Crippen molar-refractivity contribution in [3.63, 3.8) is 0 Å². The van der Waals surface area contributed by atoms with Gasteiger partial charge in [-0.3, -0.25) is 0 Å². The molecule has 0 saturated carbocycles. The number of benzene rings is 4. The summed E-state index contributed by atoms with van der Waals surface area (Å²) < 4.78 is 16.9. The monoisotopic (exact) mass is 522 g/mol. The summed E-state index contributed by atoms with van der Waals surface area (Å²) in [4.78, 5) is 0. The standard InChI is InChI=1S/C28H28BrO3P/c1-30-26-19-22(20-27(31-2)28(26)32-3)21-33(29,23-13-7-4-8-14-23,24-15-9-5-10-16-24)25-17-11-6-12-18-25/h4-20H,21H2,1-3H3. The number of rotatable bonds is 8. The van der Waals surface area contributed by atoms with Crippen LogP contribution < -0.4 is 30.1 Å². The second-order valence-electron chi connectivity index (χ2n) is 7.88. The number of ether oxygens (including phenoxy) is 3. The average Bonchev–Trinajstić information content (AvgIpc) is 2.89. The first-order chi connectivity index (χ1) is 16.0. The van der Waals surface area contributed by atoms with E-state index in [1.165, 1.54) is 15.9 Å². The molecule has 4 rings (SSSR count). The van der Waals surface area contributed by atoms with Crippen LogP contribution in [-0.2, 0) is 6.16 Å². The van der Waals surface area contributed by atoms with Crippen LogP contribution in [0.4, 0.5) is 0 Å². The zero-order chi connectivity index (χ0) is 23.3. The Bertz CT molecular complexity index is 1090. The Hall–Kier alpha value is -2.81. The van der Waals surface area contributed by atoms with Gasteiger partial charge in [0, 0.05) is 0 Å². The molecule has 0 aromatic heterocycles. The van der Waals surface area contributed by atoms with Gasteiger partial charge < -0.3 is 0 Å². The van der Waals surface area contributed by atoms with Crippen molar-refractivity contribution in [3.8, 4) is 17.2 Å². The zero-order valence-electron chi connectivity index (χ0n) is 19.1. The van der Waals surface area contributed by atoms with Crippen LogP contribution in [0.2, 0.25) is 0 Å². The topological polar surface area (TPSA) is 27.7 Å². The molecule has 0 fully saturated rings. The van der Waals surface area contributed by atoms with Crippen molar-refractivity contribution >= 4 is 36.7 Å². The van der Waals surface area contributed by atoms with Gasteiger partial charge in [-0.1, -0.05) is 0 Å². The molecular formula is C28H28BrO3P. The second kappa shape index (κ2) is 9.59. The molecule has 3 nitrogen and oxygen atoms in total. The molecule has 0 atom stereocenters. The first-order valence-electron chi connectivity index (χ1n) is 10.7. The molecule has 0 amide bonds. The molecule has 0 N–H and O–H groups in total. The quantitative estimate of drug-likeness (QED) is 0.263. The minimum atomic E-state index is -3.12. The van der Waals surface area contributed by atoms with E-state index in [2.05, 4.69) is 119 Å². The van der Waals surface area contributed by atoms with Crippen LogP contribution in [-0.4, -0.2) is 21.3 Å². The molecule has 0 unspecified atom stereocenters. The molecule has 170 valence electrons. The zero-order valence-corrected chi connectivity index (χ0v) is 21.6. The van der Waals surface area contributed by atoms with Gasteiger partial charge in [0.05, 0.1) is 0 Å². The van der Waals surface area contributed by atoms with Crippen LogP contribution in [0, 0.1) is 0 Å².